The Morgan fingerprint density at radius 3 is 2.62 bits per heavy atom. The Kier molecular flexibility index (Phi) is 5.56. The lowest BCUT2D eigenvalue weighted by molar-refractivity contribution is -0.118. The van der Waals surface area contributed by atoms with Gasteiger partial charge in [-0.25, -0.2) is 0 Å². The number of rotatable bonds is 5. The number of ether oxygens (including phenoxy) is 2. The van der Waals surface area contributed by atoms with Gasteiger partial charge in [-0.15, -0.1) is 0 Å². The van der Waals surface area contributed by atoms with Gasteiger partial charge in [-0.2, -0.15) is 0 Å². The number of carbonyl (C=O) groups excluding carboxylic acids is 1. The molecule has 24 heavy (non-hydrogen) atoms. The van der Waals surface area contributed by atoms with Crippen LogP contribution in [0.25, 0.3) is 0 Å². The topological polar surface area (TPSA) is 50.8 Å². The molecule has 0 aliphatic carbocycles. The molecular weight excluding hydrogens is 328 g/mol. The summed E-state index contributed by atoms with van der Waals surface area (Å²) in [5.74, 6) is 0.433. The molecule has 2 aromatic rings. The maximum Gasteiger partial charge on any atom is 0.262 e. The lowest BCUT2D eigenvalue weighted by Gasteiger charge is -2.29. The molecule has 0 radical (unpaired) electrons. The van der Waals surface area contributed by atoms with Crippen LogP contribution < -0.4 is 15.0 Å². The summed E-state index contributed by atoms with van der Waals surface area (Å²) in [6, 6.07) is 14.7. The second kappa shape index (κ2) is 8.04. The minimum absolute atomic E-state index is 0.0488. The molecule has 2 aromatic carbocycles. The summed E-state index contributed by atoms with van der Waals surface area (Å²) < 4.78 is 10.8. The van der Waals surface area contributed by atoms with Crippen LogP contribution in [0.3, 0.4) is 0 Å². The van der Waals surface area contributed by atoms with E-state index in [4.69, 9.17) is 21.1 Å². The molecule has 0 saturated carbocycles. The zero-order chi connectivity index (χ0) is 16.8. The molecule has 1 aliphatic rings. The Bertz CT molecular complexity index is 688. The van der Waals surface area contributed by atoms with E-state index in [2.05, 4.69) is 10.2 Å². The minimum Gasteiger partial charge on any atom is -0.484 e. The highest BCUT2D eigenvalue weighted by atomic mass is 35.5. The number of nitrogens with one attached hydrogen (secondary N) is 1. The summed E-state index contributed by atoms with van der Waals surface area (Å²) in [5.41, 5.74) is 1.61. The summed E-state index contributed by atoms with van der Waals surface area (Å²) in [7, 11) is 0. The van der Waals surface area contributed by atoms with E-state index in [9.17, 15) is 4.79 Å². The second-order valence-corrected chi connectivity index (χ2v) is 5.82. The average Bonchev–Trinajstić information content (AvgIpc) is 2.62. The molecule has 5 nitrogen and oxygen atoms in total. The largest absolute Gasteiger partial charge is 0.484 e. The Balaban J connectivity index is 1.57. The first kappa shape index (κ1) is 16.6. The van der Waals surface area contributed by atoms with E-state index in [-0.39, 0.29) is 12.5 Å². The minimum atomic E-state index is -0.228. The van der Waals surface area contributed by atoms with Crippen LogP contribution in [0.5, 0.6) is 5.75 Å². The first-order chi connectivity index (χ1) is 11.7. The molecule has 0 atom stereocenters. The van der Waals surface area contributed by atoms with Gasteiger partial charge in [0.1, 0.15) is 5.75 Å². The van der Waals surface area contributed by atoms with Crippen molar-refractivity contribution in [1.82, 2.24) is 0 Å². The van der Waals surface area contributed by atoms with Crippen LogP contribution in [-0.2, 0) is 9.53 Å². The highest BCUT2D eigenvalue weighted by molar-refractivity contribution is 6.33. The maximum absolute atomic E-state index is 12.0. The SMILES string of the molecule is O=C(COc1ccccc1)Nc1ccc(N2CCOCC2)c(Cl)c1. The third kappa shape index (κ3) is 4.40. The van der Waals surface area contributed by atoms with Crippen LogP contribution in [0.2, 0.25) is 5.02 Å². The van der Waals surface area contributed by atoms with E-state index < -0.39 is 0 Å². The summed E-state index contributed by atoms with van der Waals surface area (Å²) in [6.45, 7) is 2.98. The molecule has 3 rings (SSSR count). The van der Waals surface area contributed by atoms with E-state index in [0.29, 0.717) is 29.7 Å². The van der Waals surface area contributed by atoms with E-state index >= 15 is 0 Å². The van der Waals surface area contributed by atoms with E-state index in [1.54, 1.807) is 18.2 Å². The fourth-order valence-corrected chi connectivity index (χ4v) is 2.81. The Morgan fingerprint density at radius 1 is 1.17 bits per heavy atom. The van der Waals surface area contributed by atoms with Gasteiger partial charge >= 0.3 is 0 Å². The Hall–Kier alpha value is -2.24. The molecule has 126 valence electrons. The summed E-state index contributed by atoms with van der Waals surface area (Å²) in [6.07, 6.45) is 0. The molecule has 0 spiro atoms. The number of hydrogen-bond acceptors (Lipinski definition) is 4. The Labute approximate surface area is 146 Å². The van der Waals surface area contributed by atoms with E-state index in [1.807, 2.05) is 30.3 Å². The third-order valence-electron chi connectivity index (χ3n) is 3.70. The second-order valence-electron chi connectivity index (χ2n) is 5.42. The molecule has 0 unspecified atom stereocenters. The van der Waals surface area contributed by atoms with Crippen LogP contribution >= 0.6 is 11.6 Å². The number of para-hydroxylation sites is 1. The van der Waals surface area contributed by atoms with Crippen LogP contribution in [0.15, 0.2) is 48.5 Å². The van der Waals surface area contributed by atoms with Crippen molar-refractivity contribution in [3.05, 3.63) is 53.6 Å². The van der Waals surface area contributed by atoms with Gasteiger partial charge in [0.05, 0.1) is 23.9 Å². The molecule has 1 amide bonds. The van der Waals surface area contributed by atoms with Gasteiger partial charge in [0.2, 0.25) is 0 Å². The monoisotopic (exact) mass is 346 g/mol. The highest BCUT2D eigenvalue weighted by Crippen LogP contribution is 2.29. The first-order valence-electron chi connectivity index (χ1n) is 7.82. The molecule has 1 fully saturated rings. The lowest BCUT2D eigenvalue weighted by atomic mass is 10.2. The fourth-order valence-electron chi connectivity index (χ4n) is 2.51. The van der Waals surface area contributed by atoms with Crippen molar-refractivity contribution in [2.45, 2.75) is 0 Å². The van der Waals surface area contributed by atoms with Crippen LogP contribution in [0, 0.1) is 0 Å². The predicted molar refractivity (Wildman–Crippen MR) is 95.1 cm³/mol. The van der Waals surface area contributed by atoms with Crippen LogP contribution in [0.1, 0.15) is 0 Å². The fraction of sp³-hybridized carbons (Fsp3) is 0.278. The summed E-state index contributed by atoms with van der Waals surface area (Å²) >= 11 is 6.35. The number of anilines is 2. The van der Waals surface area contributed by atoms with E-state index in [0.717, 1.165) is 18.8 Å². The molecule has 1 saturated heterocycles. The quantitative estimate of drug-likeness (QED) is 0.903. The van der Waals surface area contributed by atoms with Crippen LogP contribution in [-0.4, -0.2) is 38.8 Å². The number of nitrogens with zero attached hydrogens (tertiary/aromatic N) is 1. The highest BCUT2D eigenvalue weighted by Gasteiger charge is 2.14. The normalized spacial score (nSPS) is 14.3. The number of morpholine rings is 1. The number of hydrogen-bond donors (Lipinski definition) is 1. The number of amides is 1. The van der Waals surface area contributed by atoms with Gasteiger partial charge in [-0.1, -0.05) is 29.8 Å². The van der Waals surface area contributed by atoms with Crippen molar-refractivity contribution in [1.29, 1.82) is 0 Å². The molecule has 1 N–H and O–H groups in total. The van der Waals surface area contributed by atoms with Gasteiger partial charge in [-0.3, -0.25) is 4.79 Å². The number of carbonyl (C=O) groups is 1. The van der Waals surface area contributed by atoms with Crippen LogP contribution in [0.4, 0.5) is 11.4 Å². The molecule has 0 bridgehead atoms. The molecule has 6 heteroatoms. The van der Waals surface area contributed by atoms with Crippen molar-refractivity contribution in [3.63, 3.8) is 0 Å². The zero-order valence-electron chi connectivity index (χ0n) is 13.2. The first-order valence-corrected chi connectivity index (χ1v) is 8.20. The van der Waals surface area contributed by atoms with E-state index in [1.165, 1.54) is 0 Å². The average molecular weight is 347 g/mol. The Morgan fingerprint density at radius 2 is 1.92 bits per heavy atom. The lowest BCUT2D eigenvalue weighted by Crippen LogP contribution is -2.36. The van der Waals surface area contributed by atoms with Crippen molar-refractivity contribution in [2.24, 2.45) is 0 Å². The molecule has 1 heterocycles. The molecule has 0 aromatic heterocycles. The van der Waals surface area contributed by atoms with Gasteiger partial charge in [0.15, 0.2) is 6.61 Å². The van der Waals surface area contributed by atoms with Gasteiger partial charge in [0, 0.05) is 18.8 Å². The number of halogens is 1. The maximum atomic E-state index is 12.0. The van der Waals surface area contributed by atoms with Crippen molar-refractivity contribution >= 4 is 28.9 Å². The smallest absolute Gasteiger partial charge is 0.262 e. The van der Waals surface area contributed by atoms with Crippen molar-refractivity contribution < 1.29 is 14.3 Å². The zero-order valence-corrected chi connectivity index (χ0v) is 14.0. The number of benzene rings is 2. The predicted octanol–water partition coefficient (Wildman–Crippen LogP) is 3.19. The van der Waals surface area contributed by atoms with Gasteiger partial charge < -0.3 is 19.7 Å². The molecular formula is C18H19ClN2O3. The van der Waals surface area contributed by atoms with Gasteiger partial charge in [0.25, 0.3) is 5.91 Å². The third-order valence-corrected chi connectivity index (χ3v) is 4.00. The summed E-state index contributed by atoms with van der Waals surface area (Å²) in [5, 5.41) is 3.40. The van der Waals surface area contributed by atoms with Crippen molar-refractivity contribution in [2.75, 3.05) is 43.1 Å². The standard InChI is InChI=1S/C18H19ClN2O3/c19-16-12-14(6-7-17(16)21-8-10-23-11-9-21)20-18(22)13-24-15-4-2-1-3-5-15/h1-7,12H,8-11,13H2,(H,20,22). The molecule has 1 aliphatic heterocycles. The summed E-state index contributed by atoms with van der Waals surface area (Å²) in [4.78, 5) is 14.2. The van der Waals surface area contributed by atoms with Gasteiger partial charge in [-0.05, 0) is 30.3 Å². The van der Waals surface area contributed by atoms with Crippen molar-refractivity contribution in [3.8, 4) is 5.75 Å².